The molecule has 1 aliphatic heterocycles. The molecule has 0 bridgehead atoms. The van der Waals surface area contributed by atoms with Gasteiger partial charge in [-0.25, -0.2) is 4.39 Å². The first-order valence-electron chi connectivity index (χ1n) is 4.47. The van der Waals surface area contributed by atoms with Crippen molar-refractivity contribution in [3.63, 3.8) is 0 Å². The molecule has 4 heteroatoms. The van der Waals surface area contributed by atoms with Gasteiger partial charge in [0.2, 0.25) is 5.91 Å². The van der Waals surface area contributed by atoms with Crippen molar-refractivity contribution in [2.24, 2.45) is 0 Å². The highest BCUT2D eigenvalue weighted by atomic mass is 19.1. The first kappa shape index (κ1) is 9.15. The molecule has 0 saturated heterocycles. The fourth-order valence-corrected chi connectivity index (χ4v) is 1.62. The van der Waals surface area contributed by atoms with Crippen LogP contribution in [0.1, 0.15) is 5.56 Å². The monoisotopic (exact) mass is 194 g/mol. The summed E-state index contributed by atoms with van der Waals surface area (Å²) in [4.78, 5) is 11.4. The van der Waals surface area contributed by atoms with E-state index in [0.29, 0.717) is 12.1 Å². The maximum absolute atomic E-state index is 12.9. The molecule has 14 heavy (non-hydrogen) atoms. The second kappa shape index (κ2) is 3.38. The molecule has 2 rings (SSSR count). The van der Waals surface area contributed by atoms with E-state index < -0.39 is 0 Å². The van der Waals surface area contributed by atoms with Crippen molar-refractivity contribution >= 4 is 11.6 Å². The molecule has 74 valence electrons. The van der Waals surface area contributed by atoms with Crippen LogP contribution in [0.2, 0.25) is 0 Å². The van der Waals surface area contributed by atoms with Gasteiger partial charge in [-0.3, -0.25) is 4.79 Å². The van der Waals surface area contributed by atoms with Crippen LogP contribution in [-0.2, 0) is 11.2 Å². The van der Waals surface area contributed by atoms with Gasteiger partial charge in [0.05, 0.1) is 6.04 Å². The minimum Gasteiger partial charge on any atom is -0.324 e. The molecular weight excluding hydrogens is 183 g/mol. The summed E-state index contributed by atoms with van der Waals surface area (Å²) in [7, 11) is 1.72. The smallest absolute Gasteiger partial charge is 0.241 e. The Morgan fingerprint density at radius 1 is 1.57 bits per heavy atom. The van der Waals surface area contributed by atoms with Gasteiger partial charge in [0.25, 0.3) is 0 Å². The number of fused-ring (bicyclic) bond motifs is 1. The third kappa shape index (κ3) is 1.48. The minimum absolute atomic E-state index is 0.0633. The lowest BCUT2D eigenvalue weighted by molar-refractivity contribution is -0.118. The molecule has 0 saturated carbocycles. The van der Waals surface area contributed by atoms with Gasteiger partial charge in [-0.1, -0.05) is 0 Å². The number of anilines is 1. The summed E-state index contributed by atoms with van der Waals surface area (Å²) in [5.74, 6) is -0.332. The van der Waals surface area contributed by atoms with E-state index in [1.807, 2.05) is 0 Å². The number of carbonyl (C=O) groups excluding carboxylic acids is 1. The molecule has 1 amide bonds. The fourth-order valence-electron chi connectivity index (χ4n) is 1.62. The fraction of sp³-hybridized carbons (Fsp3) is 0.300. The highest BCUT2D eigenvalue weighted by Crippen LogP contribution is 2.22. The molecule has 1 aliphatic rings. The van der Waals surface area contributed by atoms with E-state index in [9.17, 15) is 9.18 Å². The number of benzene rings is 1. The van der Waals surface area contributed by atoms with Crippen LogP contribution in [0.15, 0.2) is 18.2 Å². The number of hydrogen-bond donors (Lipinski definition) is 2. The van der Waals surface area contributed by atoms with E-state index >= 15 is 0 Å². The Balaban J connectivity index is 2.36. The number of likely N-dealkylation sites (N-methyl/N-ethyl adjacent to an activating group) is 1. The van der Waals surface area contributed by atoms with Crippen molar-refractivity contribution in [1.82, 2.24) is 5.32 Å². The van der Waals surface area contributed by atoms with Crippen molar-refractivity contribution in [3.05, 3.63) is 29.6 Å². The van der Waals surface area contributed by atoms with Gasteiger partial charge < -0.3 is 10.6 Å². The molecular formula is C10H11FN2O. The average Bonchev–Trinajstić information content (AvgIpc) is 2.17. The Hall–Kier alpha value is -1.42. The largest absolute Gasteiger partial charge is 0.324 e. The van der Waals surface area contributed by atoms with E-state index in [-0.39, 0.29) is 17.8 Å². The van der Waals surface area contributed by atoms with E-state index in [1.54, 1.807) is 13.1 Å². The molecule has 0 radical (unpaired) electrons. The summed E-state index contributed by atoms with van der Waals surface area (Å²) in [5.41, 5.74) is 1.55. The van der Waals surface area contributed by atoms with Crippen LogP contribution in [0.4, 0.5) is 10.1 Å². The highest BCUT2D eigenvalue weighted by Gasteiger charge is 2.24. The molecule has 0 aromatic heterocycles. The third-order valence-electron chi connectivity index (χ3n) is 2.41. The maximum atomic E-state index is 12.9. The molecule has 0 spiro atoms. The van der Waals surface area contributed by atoms with E-state index in [2.05, 4.69) is 10.6 Å². The molecule has 2 N–H and O–H groups in total. The predicted molar refractivity (Wildman–Crippen MR) is 51.6 cm³/mol. The maximum Gasteiger partial charge on any atom is 0.241 e. The van der Waals surface area contributed by atoms with Crippen LogP contribution in [0.25, 0.3) is 0 Å². The summed E-state index contributed by atoms with van der Waals surface area (Å²) in [5, 5.41) is 5.60. The van der Waals surface area contributed by atoms with Crippen molar-refractivity contribution in [3.8, 4) is 0 Å². The number of hydrogen-bond acceptors (Lipinski definition) is 2. The van der Waals surface area contributed by atoms with Gasteiger partial charge in [0, 0.05) is 5.69 Å². The van der Waals surface area contributed by atoms with Gasteiger partial charge in [0.1, 0.15) is 5.82 Å². The van der Waals surface area contributed by atoms with Crippen LogP contribution in [0.3, 0.4) is 0 Å². The molecule has 1 heterocycles. The van der Waals surface area contributed by atoms with Crippen molar-refractivity contribution < 1.29 is 9.18 Å². The van der Waals surface area contributed by atoms with E-state index in [1.165, 1.54) is 12.1 Å². The van der Waals surface area contributed by atoms with Crippen LogP contribution >= 0.6 is 0 Å². The van der Waals surface area contributed by atoms with Crippen LogP contribution in [-0.4, -0.2) is 19.0 Å². The van der Waals surface area contributed by atoms with Gasteiger partial charge in [-0.2, -0.15) is 0 Å². The molecule has 1 atom stereocenters. The Bertz CT molecular complexity index is 378. The quantitative estimate of drug-likeness (QED) is 0.697. The lowest BCUT2D eigenvalue weighted by atomic mass is 9.99. The van der Waals surface area contributed by atoms with Crippen LogP contribution < -0.4 is 10.6 Å². The molecule has 1 unspecified atom stereocenters. The number of carbonyl (C=O) groups is 1. The summed E-state index contributed by atoms with van der Waals surface area (Å²) < 4.78 is 12.9. The third-order valence-corrected chi connectivity index (χ3v) is 2.41. The number of nitrogens with one attached hydrogen (secondary N) is 2. The standard InChI is InChI=1S/C10H11FN2O/c1-12-9-5-6-4-7(11)2-3-8(6)13-10(9)14/h2-4,9,12H,5H2,1H3,(H,13,14). The summed E-state index contributed by atoms with van der Waals surface area (Å²) in [6.07, 6.45) is 0.537. The van der Waals surface area contributed by atoms with Gasteiger partial charge in [0.15, 0.2) is 0 Å². The summed E-state index contributed by atoms with van der Waals surface area (Å²) in [6.45, 7) is 0. The predicted octanol–water partition coefficient (Wildman–Crippen LogP) is 0.908. The summed E-state index contributed by atoms with van der Waals surface area (Å²) in [6, 6.07) is 4.14. The number of rotatable bonds is 1. The Morgan fingerprint density at radius 2 is 2.36 bits per heavy atom. The second-order valence-electron chi connectivity index (χ2n) is 3.34. The number of halogens is 1. The molecule has 0 aliphatic carbocycles. The summed E-state index contributed by atoms with van der Waals surface area (Å²) >= 11 is 0. The van der Waals surface area contributed by atoms with Crippen LogP contribution in [0, 0.1) is 5.82 Å². The lowest BCUT2D eigenvalue weighted by Gasteiger charge is -2.23. The molecule has 0 fully saturated rings. The average molecular weight is 194 g/mol. The topological polar surface area (TPSA) is 41.1 Å². The first-order valence-corrected chi connectivity index (χ1v) is 4.47. The zero-order chi connectivity index (χ0) is 10.1. The number of amides is 1. The SMILES string of the molecule is CNC1Cc2cc(F)ccc2NC1=O. The zero-order valence-corrected chi connectivity index (χ0v) is 7.80. The van der Waals surface area contributed by atoms with Gasteiger partial charge in [-0.15, -0.1) is 0 Å². The normalized spacial score (nSPS) is 20.1. The lowest BCUT2D eigenvalue weighted by Crippen LogP contribution is -2.43. The Labute approximate surface area is 81.3 Å². The zero-order valence-electron chi connectivity index (χ0n) is 7.80. The molecule has 1 aromatic rings. The van der Waals surface area contributed by atoms with Crippen molar-refractivity contribution in [2.45, 2.75) is 12.5 Å². The van der Waals surface area contributed by atoms with Crippen LogP contribution in [0.5, 0.6) is 0 Å². The molecule has 3 nitrogen and oxygen atoms in total. The van der Waals surface area contributed by atoms with Gasteiger partial charge in [-0.05, 0) is 37.2 Å². The second-order valence-corrected chi connectivity index (χ2v) is 3.34. The first-order chi connectivity index (χ1) is 6.70. The highest BCUT2D eigenvalue weighted by molar-refractivity contribution is 5.97. The van der Waals surface area contributed by atoms with Crippen molar-refractivity contribution in [2.75, 3.05) is 12.4 Å². The Kier molecular flexibility index (Phi) is 2.21. The van der Waals surface area contributed by atoms with E-state index in [0.717, 1.165) is 5.56 Å². The molecule has 1 aromatic carbocycles. The van der Waals surface area contributed by atoms with Gasteiger partial charge >= 0.3 is 0 Å². The van der Waals surface area contributed by atoms with E-state index in [4.69, 9.17) is 0 Å². The minimum atomic E-state index is -0.269. The van der Waals surface area contributed by atoms with Crippen molar-refractivity contribution in [1.29, 1.82) is 0 Å². The Morgan fingerprint density at radius 3 is 3.07 bits per heavy atom.